The van der Waals surface area contributed by atoms with E-state index >= 15 is 0 Å². The van der Waals surface area contributed by atoms with Gasteiger partial charge in [0.25, 0.3) is 0 Å². The molecule has 0 aliphatic heterocycles. The summed E-state index contributed by atoms with van der Waals surface area (Å²) in [5.41, 5.74) is 12.3. The van der Waals surface area contributed by atoms with Gasteiger partial charge in [-0.05, 0) is 47.9 Å². The fraction of sp³-hybridized carbons (Fsp3) is 0.0455. The summed E-state index contributed by atoms with van der Waals surface area (Å²) in [5.74, 6) is 0. The smallest absolute Gasteiger partial charge is 0.124 e. The van der Waals surface area contributed by atoms with Crippen LogP contribution in [0.5, 0.6) is 0 Å². The first-order chi connectivity index (χ1) is 12.2. The normalized spacial score (nSPS) is 11.4. The Morgan fingerprint density at radius 2 is 1.48 bits per heavy atom. The van der Waals surface area contributed by atoms with E-state index in [1.54, 1.807) is 11.3 Å². The van der Waals surface area contributed by atoms with Gasteiger partial charge in [-0.2, -0.15) is 0 Å². The van der Waals surface area contributed by atoms with Crippen LogP contribution < -0.4 is 5.73 Å². The van der Waals surface area contributed by atoms with Gasteiger partial charge in [-0.25, -0.2) is 4.98 Å². The zero-order valence-corrected chi connectivity index (χ0v) is 14.8. The molecule has 0 bridgehead atoms. The summed E-state index contributed by atoms with van der Waals surface area (Å²) in [6.07, 6.45) is 4.20. The first-order valence-electron chi connectivity index (χ1n) is 8.19. The van der Waals surface area contributed by atoms with E-state index < -0.39 is 0 Å². The number of nitrogens with two attached hydrogens (primary N) is 1. The van der Waals surface area contributed by atoms with Gasteiger partial charge in [-0.3, -0.25) is 0 Å². The van der Waals surface area contributed by atoms with Crippen molar-refractivity contribution in [1.29, 1.82) is 0 Å². The summed E-state index contributed by atoms with van der Waals surface area (Å²) in [7, 11) is 0. The van der Waals surface area contributed by atoms with Crippen LogP contribution >= 0.6 is 11.3 Å². The predicted octanol–water partition coefficient (Wildman–Crippen LogP) is 6.02. The molecule has 1 aromatic heterocycles. The summed E-state index contributed by atoms with van der Waals surface area (Å²) in [5, 5.41) is 1.06. The molecule has 2 N–H and O–H groups in total. The molecule has 122 valence electrons. The van der Waals surface area contributed by atoms with Crippen LogP contribution in [0.3, 0.4) is 0 Å². The molecular weight excluding hydrogens is 324 g/mol. The van der Waals surface area contributed by atoms with E-state index in [0.29, 0.717) is 0 Å². The van der Waals surface area contributed by atoms with Crippen molar-refractivity contribution in [2.75, 3.05) is 5.73 Å². The van der Waals surface area contributed by atoms with Crippen molar-refractivity contribution in [3.05, 3.63) is 83.4 Å². The maximum atomic E-state index is 5.71. The van der Waals surface area contributed by atoms with Crippen molar-refractivity contribution in [3.8, 4) is 10.6 Å². The zero-order chi connectivity index (χ0) is 17.2. The Hall–Kier alpha value is -2.91. The Balaban J connectivity index is 1.57. The highest BCUT2D eigenvalue weighted by Crippen LogP contribution is 2.30. The lowest BCUT2D eigenvalue weighted by Crippen LogP contribution is -1.82. The number of rotatable bonds is 3. The number of hydrogen-bond donors (Lipinski definition) is 1. The van der Waals surface area contributed by atoms with Gasteiger partial charge in [0, 0.05) is 11.3 Å². The minimum absolute atomic E-state index is 0.785. The van der Waals surface area contributed by atoms with E-state index in [-0.39, 0.29) is 0 Å². The fourth-order valence-electron chi connectivity index (χ4n) is 2.69. The standard InChI is InChI=1S/C22H18N2S/c1-15-2-13-20-21(14-15)25-22(24-20)18-9-5-16(6-10-18)3-4-17-7-11-19(23)12-8-17/h2-14H,23H2,1H3/b4-3+. The number of nitrogens with zero attached hydrogens (tertiary/aromatic N) is 1. The predicted molar refractivity (Wildman–Crippen MR) is 110 cm³/mol. The SMILES string of the molecule is Cc1ccc2nc(-c3ccc(/C=C/c4ccc(N)cc4)cc3)sc2c1. The monoisotopic (exact) mass is 342 g/mol. The second-order valence-corrected chi connectivity index (χ2v) is 7.14. The van der Waals surface area contributed by atoms with Gasteiger partial charge in [0.1, 0.15) is 5.01 Å². The maximum Gasteiger partial charge on any atom is 0.124 e. The molecule has 0 aliphatic rings. The van der Waals surface area contributed by atoms with Crippen LogP contribution in [-0.4, -0.2) is 4.98 Å². The average molecular weight is 342 g/mol. The molecule has 25 heavy (non-hydrogen) atoms. The van der Waals surface area contributed by atoms with Crippen LogP contribution in [0.4, 0.5) is 5.69 Å². The van der Waals surface area contributed by atoms with Crippen molar-refractivity contribution in [2.45, 2.75) is 6.92 Å². The molecule has 3 heteroatoms. The number of aryl methyl sites for hydroxylation is 1. The molecule has 4 aromatic rings. The van der Waals surface area contributed by atoms with E-state index in [2.05, 4.69) is 61.5 Å². The first kappa shape index (κ1) is 15.6. The number of fused-ring (bicyclic) bond motifs is 1. The minimum Gasteiger partial charge on any atom is -0.399 e. The van der Waals surface area contributed by atoms with E-state index in [9.17, 15) is 0 Å². The highest BCUT2D eigenvalue weighted by Gasteiger charge is 2.06. The molecule has 4 rings (SSSR count). The number of anilines is 1. The summed E-state index contributed by atoms with van der Waals surface area (Å²) < 4.78 is 1.24. The molecule has 0 aliphatic carbocycles. The van der Waals surface area contributed by atoms with Gasteiger partial charge in [0.2, 0.25) is 0 Å². The Morgan fingerprint density at radius 1 is 0.840 bits per heavy atom. The highest BCUT2D eigenvalue weighted by molar-refractivity contribution is 7.21. The van der Waals surface area contributed by atoms with Crippen molar-refractivity contribution in [2.24, 2.45) is 0 Å². The fourth-order valence-corrected chi connectivity index (χ4v) is 3.76. The van der Waals surface area contributed by atoms with Crippen LogP contribution in [-0.2, 0) is 0 Å². The van der Waals surface area contributed by atoms with E-state index in [4.69, 9.17) is 10.7 Å². The Bertz CT molecular complexity index is 1040. The molecule has 0 saturated heterocycles. The summed E-state index contributed by atoms with van der Waals surface area (Å²) in [6, 6.07) is 22.8. The zero-order valence-electron chi connectivity index (χ0n) is 13.9. The Kier molecular flexibility index (Phi) is 4.08. The molecule has 0 spiro atoms. The van der Waals surface area contributed by atoms with Gasteiger partial charge in [0.05, 0.1) is 10.2 Å². The molecular formula is C22H18N2S. The molecule has 1 heterocycles. The molecule has 0 atom stereocenters. The van der Waals surface area contributed by atoms with Crippen LogP contribution in [0, 0.1) is 6.92 Å². The lowest BCUT2D eigenvalue weighted by molar-refractivity contribution is 1.45. The molecule has 0 amide bonds. The number of thiazole rings is 1. The van der Waals surface area contributed by atoms with Gasteiger partial charge >= 0.3 is 0 Å². The molecule has 0 fully saturated rings. The number of nitrogen functional groups attached to an aromatic ring is 1. The third kappa shape index (κ3) is 3.47. The van der Waals surface area contributed by atoms with Crippen LogP contribution in [0.1, 0.15) is 16.7 Å². The summed E-state index contributed by atoms with van der Waals surface area (Å²) >= 11 is 1.74. The summed E-state index contributed by atoms with van der Waals surface area (Å²) in [6.45, 7) is 2.11. The van der Waals surface area contributed by atoms with Crippen LogP contribution in [0.25, 0.3) is 32.9 Å². The topological polar surface area (TPSA) is 38.9 Å². The molecule has 2 nitrogen and oxygen atoms in total. The van der Waals surface area contributed by atoms with Gasteiger partial charge < -0.3 is 5.73 Å². The van der Waals surface area contributed by atoms with Crippen molar-refractivity contribution < 1.29 is 0 Å². The first-order valence-corrected chi connectivity index (χ1v) is 9.00. The number of benzene rings is 3. The van der Waals surface area contributed by atoms with Crippen molar-refractivity contribution in [3.63, 3.8) is 0 Å². The van der Waals surface area contributed by atoms with Gasteiger partial charge in [-0.15, -0.1) is 11.3 Å². The second kappa shape index (κ2) is 6.54. The molecule has 0 radical (unpaired) electrons. The summed E-state index contributed by atoms with van der Waals surface area (Å²) in [4.78, 5) is 4.74. The lowest BCUT2D eigenvalue weighted by Gasteiger charge is -1.98. The van der Waals surface area contributed by atoms with Gasteiger partial charge in [0.15, 0.2) is 0 Å². The Morgan fingerprint density at radius 3 is 2.16 bits per heavy atom. The third-order valence-corrected chi connectivity index (χ3v) is 5.17. The highest BCUT2D eigenvalue weighted by atomic mass is 32.1. The van der Waals surface area contributed by atoms with Crippen molar-refractivity contribution >= 4 is 39.4 Å². The minimum atomic E-state index is 0.785. The lowest BCUT2D eigenvalue weighted by atomic mass is 10.1. The molecule has 0 saturated carbocycles. The van der Waals surface area contributed by atoms with E-state index in [1.807, 2.05) is 24.3 Å². The Labute approximate surface area is 151 Å². The third-order valence-electron chi connectivity index (χ3n) is 4.11. The van der Waals surface area contributed by atoms with Crippen LogP contribution in [0.15, 0.2) is 66.7 Å². The van der Waals surface area contributed by atoms with Gasteiger partial charge in [-0.1, -0.05) is 54.6 Å². The largest absolute Gasteiger partial charge is 0.399 e. The van der Waals surface area contributed by atoms with E-state index in [0.717, 1.165) is 32.9 Å². The second-order valence-electron chi connectivity index (χ2n) is 6.11. The molecule has 3 aromatic carbocycles. The van der Waals surface area contributed by atoms with Crippen molar-refractivity contribution in [1.82, 2.24) is 4.98 Å². The maximum absolute atomic E-state index is 5.71. The average Bonchev–Trinajstić information content (AvgIpc) is 3.05. The number of aromatic nitrogens is 1. The number of hydrogen-bond acceptors (Lipinski definition) is 3. The molecule has 0 unspecified atom stereocenters. The van der Waals surface area contributed by atoms with Crippen LogP contribution in [0.2, 0.25) is 0 Å². The quantitative estimate of drug-likeness (QED) is 0.365. The van der Waals surface area contributed by atoms with E-state index in [1.165, 1.54) is 10.3 Å².